The number of amides is 1. The first kappa shape index (κ1) is 15.0. The molecular formula is C12H16FN3O3. The minimum Gasteiger partial charge on any atom is -0.324 e. The van der Waals surface area contributed by atoms with Crippen molar-refractivity contribution >= 4 is 17.3 Å². The average molecular weight is 269 g/mol. The molecule has 1 amide bonds. The Morgan fingerprint density at radius 2 is 2.00 bits per heavy atom. The predicted octanol–water partition coefficient (Wildman–Crippen LogP) is 2.05. The number of non-ortho nitro benzene ring substituents is 1. The van der Waals surface area contributed by atoms with Gasteiger partial charge in [0.15, 0.2) is 0 Å². The van der Waals surface area contributed by atoms with E-state index in [1.54, 1.807) is 20.8 Å². The lowest BCUT2D eigenvalue weighted by Gasteiger charge is -2.25. The van der Waals surface area contributed by atoms with Crippen LogP contribution in [0.2, 0.25) is 0 Å². The number of nitrogens with one attached hydrogen (secondary N) is 1. The van der Waals surface area contributed by atoms with Crippen LogP contribution in [-0.2, 0) is 4.79 Å². The Kier molecular flexibility index (Phi) is 4.21. The number of carbonyl (C=O) groups is 1. The van der Waals surface area contributed by atoms with Crippen LogP contribution in [0.4, 0.5) is 15.8 Å². The number of nitrogens with zero attached hydrogens (tertiary/aromatic N) is 1. The van der Waals surface area contributed by atoms with Gasteiger partial charge in [0.25, 0.3) is 5.69 Å². The molecule has 0 radical (unpaired) electrons. The molecule has 0 aliphatic rings. The molecule has 19 heavy (non-hydrogen) atoms. The Bertz CT molecular complexity index is 511. The first-order valence-corrected chi connectivity index (χ1v) is 5.62. The number of halogens is 1. The highest BCUT2D eigenvalue weighted by atomic mass is 19.1. The van der Waals surface area contributed by atoms with Gasteiger partial charge in [0.1, 0.15) is 5.82 Å². The van der Waals surface area contributed by atoms with E-state index >= 15 is 0 Å². The lowest BCUT2D eigenvalue weighted by molar-refractivity contribution is -0.385. The van der Waals surface area contributed by atoms with E-state index in [0.717, 1.165) is 18.2 Å². The molecule has 1 aromatic rings. The molecule has 7 heteroatoms. The van der Waals surface area contributed by atoms with Gasteiger partial charge in [0.05, 0.1) is 22.7 Å². The first-order chi connectivity index (χ1) is 8.61. The summed E-state index contributed by atoms with van der Waals surface area (Å²) < 4.78 is 13.2. The highest BCUT2D eigenvalue weighted by Crippen LogP contribution is 2.22. The second kappa shape index (κ2) is 5.31. The summed E-state index contributed by atoms with van der Waals surface area (Å²) in [6.45, 7) is 5.35. The third kappa shape index (κ3) is 3.99. The minimum absolute atomic E-state index is 0.0106. The van der Waals surface area contributed by atoms with Crippen LogP contribution in [0.15, 0.2) is 18.2 Å². The van der Waals surface area contributed by atoms with Crippen molar-refractivity contribution in [3.63, 3.8) is 0 Å². The van der Waals surface area contributed by atoms with Crippen LogP contribution in [0.3, 0.4) is 0 Å². The van der Waals surface area contributed by atoms with Gasteiger partial charge < -0.3 is 11.1 Å². The van der Waals surface area contributed by atoms with Gasteiger partial charge in [0, 0.05) is 6.07 Å². The van der Waals surface area contributed by atoms with Crippen LogP contribution in [-0.4, -0.2) is 16.9 Å². The van der Waals surface area contributed by atoms with Gasteiger partial charge in [-0.1, -0.05) is 20.8 Å². The molecule has 0 aliphatic heterocycles. The maximum atomic E-state index is 13.2. The van der Waals surface area contributed by atoms with E-state index in [1.165, 1.54) is 0 Å². The molecule has 0 heterocycles. The van der Waals surface area contributed by atoms with E-state index in [1.807, 2.05) is 0 Å². The number of nitro groups is 1. The molecule has 1 aromatic carbocycles. The van der Waals surface area contributed by atoms with Crippen LogP contribution in [0.5, 0.6) is 0 Å². The maximum absolute atomic E-state index is 13.2. The van der Waals surface area contributed by atoms with E-state index in [9.17, 15) is 19.3 Å². The number of benzene rings is 1. The summed E-state index contributed by atoms with van der Waals surface area (Å²) in [5, 5.41) is 13.0. The normalized spacial score (nSPS) is 12.9. The van der Waals surface area contributed by atoms with Gasteiger partial charge in [-0.15, -0.1) is 0 Å². The standard InChI is InChI=1S/C12H16FN3O3/c1-12(2,3)10(14)11(17)15-8-4-7(13)5-9(6-8)16(18)19/h4-6,10H,14H2,1-3H3,(H,15,17)/t10-/m0/s1. The molecule has 6 nitrogen and oxygen atoms in total. The zero-order chi connectivity index (χ0) is 14.8. The predicted molar refractivity (Wildman–Crippen MR) is 69.1 cm³/mol. The molecule has 0 fully saturated rings. The Hall–Kier alpha value is -2.02. The molecule has 0 aromatic heterocycles. The molecule has 0 saturated heterocycles. The van der Waals surface area contributed by atoms with E-state index < -0.39 is 33.8 Å². The fraction of sp³-hybridized carbons (Fsp3) is 0.417. The number of carbonyl (C=O) groups excluding carboxylic acids is 1. The van der Waals surface area contributed by atoms with Crippen LogP contribution in [0, 0.1) is 21.3 Å². The lowest BCUT2D eigenvalue weighted by atomic mass is 9.87. The van der Waals surface area contributed by atoms with Gasteiger partial charge in [-0.25, -0.2) is 4.39 Å². The van der Waals surface area contributed by atoms with Gasteiger partial charge in [0.2, 0.25) is 5.91 Å². The third-order valence-electron chi connectivity index (χ3n) is 2.58. The smallest absolute Gasteiger partial charge is 0.274 e. The number of nitro benzene ring substituents is 1. The van der Waals surface area contributed by atoms with Crippen LogP contribution in [0.25, 0.3) is 0 Å². The summed E-state index contributed by atoms with van der Waals surface area (Å²) in [4.78, 5) is 21.7. The fourth-order valence-electron chi connectivity index (χ4n) is 1.37. The van der Waals surface area contributed by atoms with Crippen molar-refractivity contribution in [3.05, 3.63) is 34.1 Å². The zero-order valence-electron chi connectivity index (χ0n) is 10.9. The van der Waals surface area contributed by atoms with Crippen LogP contribution >= 0.6 is 0 Å². The topological polar surface area (TPSA) is 98.3 Å². The Balaban J connectivity index is 2.94. The Labute approximate surface area is 109 Å². The molecular weight excluding hydrogens is 253 g/mol. The summed E-state index contributed by atoms with van der Waals surface area (Å²) in [7, 11) is 0. The number of hydrogen-bond donors (Lipinski definition) is 2. The molecule has 0 aliphatic carbocycles. The maximum Gasteiger partial charge on any atom is 0.274 e. The number of anilines is 1. The van der Waals surface area contributed by atoms with Crippen molar-refractivity contribution in [2.45, 2.75) is 26.8 Å². The quantitative estimate of drug-likeness (QED) is 0.648. The lowest BCUT2D eigenvalue weighted by Crippen LogP contribution is -2.45. The SMILES string of the molecule is CC(C)(C)[C@@H](N)C(=O)Nc1cc(F)cc([N+](=O)[O-])c1. The molecule has 0 spiro atoms. The van der Waals surface area contributed by atoms with Crippen molar-refractivity contribution in [3.8, 4) is 0 Å². The summed E-state index contributed by atoms with van der Waals surface area (Å²) in [5.74, 6) is -1.32. The molecule has 104 valence electrons. The first-order valence-electron chi connectivity index (χ1n) is 5.62. The zero-order valence-corrected chi connectivity index (χ0v) is 10.9. The minimum atomic E-state index is -0.810. The Morgan fingerprint density at radius 3 is 2.47 bits per heavy atom. The highest BCUT2D eigenvalue weighted by molar-refractivity contribution is 5.95. The molecule has 1 rings (SSSR count). The fourth-order valence-corrected chi connectivity index (χ4v) is 1.37. The summed E-state index contributed by atoms with van der Waals surface area (Å²) >= 11 is 0. The monoisotopic (exact) mass is 269 g/mol. The number of nitrogens with two attached hydrogens (primary N) is 1. The van der Waals surface area contributed by atoms with Gasteiger partial charge in [-0.3, -0.25) is 14.9 Å². The van der Waals surface area contributed by atoms with Crippen LogP contribution < -0.4 is 11.1 Å². The largest absolute Gasteiger partial charge is 0.324 e. The van der Waals surface area contributed by atoms with Crippen molar-refractivity contribution in [1.29, 1.82) is 0 Å². The average Bonchev–Trinajstić information content (AvgIpc) is 2.25. The summed E-state index contributed by atoms with van der Waals surface area (Å²) in [5.41, 5.74) is 4.85. The van der Waals surface area contributed by atoms with Crippen molar-refractivity contribution in [2.24, 2.45) is 11.1 Å². The van der Waals surface area contributed by atoms with Crippen molar-refractivity contribution < 1.29 is 14.1 Å². The van der Waals surface area contributed by atoms with Gasteiger partial charge >= 0.3 is 0 Å². The summed E-state index contributed by atoms with van der Waals surface area (Å²) in [6, 6.07) is 2.05. The summed E-state index contributed by atoms with van der Waals surface area (Å²) in [6.07, 6.45) is 0. The van der Waals surface area contributed by atoms with E-state index in [0.29, 0.717) is 0 Å². The van der Waals surface area contributed by atoms with Crippen molar-refractivity contribution in [1.82, 2.24) is 0 Å². The third-order valence-corrected chi connectivity index (χ3v) is 2.58. The molecule has 0 bridgehead atoms. The highest BCUT2D eigenvalue weighted by Gasteiger charge is 2.27. The number of rotatable bonds is 3. The number of hydrogen-bond acceptors (Lipinski definition) is 4. The van der Waals surface area contributed by atoms with E-state index in [-0.39, 0.29) is 5.69 Å². The second-order valence-corrected chi connectivity index (χ2v) is 5.29. The van der Waals surface area contributed by atoms with E-state index in [4.69, 9.17) is 5.73 Å². The van der Waals surface area contributed by atoms with Gasteiger partial charge in [-0.05, 0) is 11.5 Å². The molecule has 0 unspecified atom stereocenters. The molecule has 1 atom stereocenters. The molecule has 0 saturated carbocycles. The van der Waals surface area contributed by atoms with Crippen LogP contribution in [0.1, 0.15) is 20.8 Å². The van der Waals surface area contributed by atoms with Gasteiger partial charge in [-0.2, -0.15) is 0 Å². The molecule has 3 N–H and O–H groups in total. The van der Waals surface area contributed by atoms with Crippen molar-refractivity contribution in [2.75, 3.05) is 5.32 Å². The van der Waals surface area contributed by atoms with E-state index in [2.05, 4.69) is 5.32 Å². The second-order valence-electron chi connectivity index (χ2n) is 5.29. The Morgan fingerprint density at radius 1 is 1.42 bits per heavy atom.